The van der Waals surface area contributed by atoms with Crippen LogP contribution in [0.25, 0.3) is 0 Å². The Morgan fingerprint density at radius 3 is 2.89 bits per heavy atom. The number of anilines is 1. The van der Waals surface area contributed by atoms with Crippen molar-refractivity contribution in [1.29, 1.82) is 5.26 Å². The first-order valence-corrected chi connectivity index (χ1v) is 5.76. The van der Waals surface area contributed by atoms with Crippen molar-refractivity contribution >= 4 is 11.7 Å². The maximum atomic E-state index is 13.0. The van der Waals surface area contributed by atoms with Gasteiger partial charge >= 0.3 is 11.9 Å². The van der Waals surface area contributed by atoms with Gasteiger partial charge in [0.25, 0.3) is 0 Å². The van der Waals surface area contributed by atoms with Crippen molar-refractivity contribution in [3.63, 3.8) is 0 Å². The molecule has 1 N–H and O–H groups in total. The summed E-state index contributed by atoms with van der Waals surface area (Å²) in [6, 6.07) is 7.27. The second-order valence-electron chi connectivity index (χ2n) is 4.43. The number of halogens is 2. The standard InChI is InChI=1S/C13H12F2N2O2/c1-8-3-2-4-11(10(8)6-16)17-7-9-5-13(14,15)12(18)19-9/h2-4,9,17H,5,7H2,1H3. The lowest BCUT2D eigenvalue weighted by molar-refractivity contribution is -0.158. The zero-order valence-electron chi connectivity index (χ0n) is 10.2. The SMILES string of the molecule is Cc1cccc(NCC2CC(F)(F)C(=O)O2)c1C#N. The van der Waals surface area contributed by atoms with Crippen molar-refractivity contribution < 1.29 is 18.3 Å². The average Bonchev–Trinajstić information content (AvgIpc) is 2.60. The highest BCUT2D eigenvalue weighted by Gasteiger charge is 2.50. The van der Waals surface area contributed by atoms with Gasteiger partial charge in [-0.25, -0.2) is 4.79 Å². The van der Waals surface area contributed by atoms with E-state index in [0.29, 0.717) is 11.3 Å². The third-order valence-corrected chi connectivity index (χ3v) is 2.96. The van der Waals surface area contributed by atoms with E-state index in [9.17, 15) is 13.6 Å². The minimum atomic E-state index is -3.41. The molecular weight excluding hydrogens is 254 g/mol. The van der Waals surface area contributed by atoms with Crippen LogP contribution >= 0.6 is 0 Å². The number of hydrogen-bond acceptors (Lipinski definition) is 4. The molecule has 1 aromatic rings. The number of carbonyl (C=O) groups is 1. The Kier molecular flexibility index (Phi) is 3.38. The first-order valence-electron chi connectivity index (χ1n) is 5.76. The van der Waals surface area contributed by atoms with Crippen LogP contribution in [-0.4, -0.2) is 24.5 Å². The molecule has 1 aliphatic rings. The van der Waals surface area contributed by atoms with Crippen LogP contribution in [0.1, 0.15) is 17.5 Å². The molecule has 1 fully saturated rings. The van der Waals surface area contributed by atoms with Crippen molar-refractivity contribution in [2.75, 3.05) is 11.9 Å². The van der Waals surface area contributed by atoms with Crippen LogP contribution in [0, 0.1) is 18.3 Å². The molecule has 1 heterocycles. The van der Waals surface area contributed by atoms with E-state index in [1.165, 1.54) is 0 Å². The van der Waals surface area contributed by atoms with Gasteiger partial charge in [-0.1, -0.05) is 12.1 Å². The van der Waals surface area contributed by atoms with E-state index in [2.05, 4.69) is 10.1 Å². The molecule has 1 aliphatic heterocycles. The zero-order valence-corrected chi connectivity index (χ0v) is 10.2. The summed E-state index contributed by atoms with van der Waals surface area (Å²) in [5.74, 6) is -4.89. The van der Waals surface area contributed by atoms with Gasteiger partial charge in [-0.15, -0.1) is 0 Å². The summed E-state index contributed by atoms with van der Waals surface area (Å²) in [7, 11) is 0. The number of esters is 1. The fourth-order valence-electron chi connectivity index (χ4n) is 1.95. The number of benzene rings is 1. The summed E-state index contributed by atoms with van der Waals surface area (Å²) in [5, 5.41) is 11.9. The lowest BCUT2D eigenvalue weighted by Gasteiger charge is -2.13. The second kappa shape index (κ2) is 4.84. The minimum Gasteiger partial charge on any atom is -0.456 e. The molecule has 1 aromatic carbocycles. The fraction of sp³-hybridized carbons (Fsp3) is 0.385. The van der Waals surface area contributed by atoms with Crippen LogP contribution in [0.3, 0.4) is 0 Å². The molecule has 1 atom stereocenters. The molecular formula is C13H12F2N2O2. The Morgan fingerprint density at radius 2 is 2.32 bits per heavy atom. The fourth-order valence-corrected chi connectivity index (χ4v) is 1.95. The summed E-state index contributed by atoms with van der Waals surface area (Å²) >= 11 is 0. The van der Waals surface area contributed by atoms with Crippen molar-refractivity contribution in [2.45, 2.75) is 25.4 Å². The molecule has 2 rings (SSSR count). The van der Waals surface area contributed by atoms with Gasteiger partial charge in [-0.2, -0.15) is 14.0 Å². The van der Waals surface area contributed by atoms with E-state index in [4.69, 9.17) is 5.26 Å². The highest BCUT2D eigenvalue weighted by Crippen LogP contribution is 2.31. The highest BCUT2D eigenvalue weighted by molar-refractivity contribution is 5.79. The molecule has 0 aromatic heterocycles. The zero-order chi connectivity index (χ0) is 14.0. The molecule has 0 radical (unpaired) electrons. The van der Waals surface area contributed by atoms with Gasteiger partial charge in [-0.05, 0) is 18.6 Å². The van der Waals surface area contributed by atoms with Crippen LogP contribution in [0.2, 0.25) is 0 Å². The van der Waals surface area contributed by atoms with Gasteiger partial charge in [0, 0.05) is 0 Å². The molecule has 4 nitrogen and oxygen atoms in total. The number of nitriles is 1. The number of carbonyl (C=O) groups excluding carboxylic acids is 1. The lowest BCUT2D eigenvalue weighted by atomic mass is 10.1. The summed E-state index contributed by atoms with van der Waals surface area (Å²) in [5.41, 5.74) is 1.80. The Balaban J connectivity index is 2.03. The van der Waals surface area contributed by atoms with Gasteiger partial charge in [0.15, 0.2) is 0 Å². The predicted molar refractivity (Wildman–Crippen MR) is 63.8 cm³/mol. The van der Waals surface area contributed by atoms with E-state index in [1.54, 1.807) is 25.1 Å². The first-order chi connectivity index (χ1) is 8.94. The molecule has 0 aliphatic carbocycles. The lowest BCUT2D eigenvalue weighted by Crippen LogP contribution is -2.22. The van der Waals surface area contributed by atoms with Crippen LogP contribution in [-0.2, 0) is 9.53 Å². The third kappa shape index (κ3) is 2.65. The highest BCUT2D eigenvalue weighted by atomic mass is 19.3. The van der Waals surface area contributed by atoms with Crippen LogP contribution in [0.5, 0.6) is 0 Å². The predicted octanol–water partition coefficient (Wildman–Crippen LogP) is 2.23. The Bertz CT molecular complexity index is 552. The van der Waals surface area contributed by atoms with Gasteiger partial charge in [0.1, 0.15) is 12.2 Å². The van der Waals surface area contributed by atoms with Crippen molar-refractivity contribution in [1.82, 2.24) is 0 Å². The maximum Gasteiger partial charge on any atom is 0.377 e. The Morgan fingerprint density at radius 1 is 1.58 bits per heavy atom. The molecule has 19 heavy (non-hydrogen) atoms. The normalized spacial score (nSPS) is 20.7. The van der Waals surface area contributed by atoms with Crippen LogP contribution in [0.15, 0.2) is 18.2 Å². The second-order valence-corrected chi connectivity index (χ2v) is 4.43. The van der Waals surface area contributed by atoms with Crippen molar-refractivity contribution in [3.05, 3.63) is 29.3 Å². The molecule has 0 amide bonds. The Labute approximate surface area is 109 Å². The molecule has 1 unspecified atom stereocenters. The van der Waals surface area contributed by atoms with E-state index in [0.717, 1.165) is 5.56 Å². The van der Waals surface area contributed by atoms with E-state index < -0.39 is 24.4 Å². The van der Waals surface area contributed by atoms with E-state index in [1.807, 2.05) is 6.07 Å². The summed E-state index contributed by atoms with van der Waals surface area (Å²) in [6.07, 6.45) is -1.51. The van der Waals surface area contributed by atoms with Crippen molar-refractivity contribution in [2.24, 2.45) is 0 Å². The molecule has 0 saturated carbocycles. The van der Waals surface area contributed by atoms with E-state index in [-0.39, 0.29) is 6.54 Å². The molecule has 0 bridgehead atoms. The number of hydrogen-bond donors (Lipinski definition) is 1. The van der Waals surface area contributed by atoms with Gasteiger partial charge in [0.05, 0.1) is 24.2 Å². The quantitative estimate of drug-likeness (QED) is 0.852. The van der Waals surface area contributed by atoms with Gasteiger partial charge < -0.3 is 10.1 Å². The number of aryl methyl sites for hydroxylation is 1. The van der Waals surface area contributed by atoms with Gasteiger partial charge in [0.2, 0.25) is 0 Å². The largest absolute Gasteiger partial charge is 0.456 e. The molecule has 0 spiro atoms. The van der Waals surface area contributed by atoms with Crippen LogP contribution in [0.4, 0.5) is 14.5 Å². The summed E-state index contributed by atoms with van der Waals surface area (Å²) in [4.78, 5) is 10.8. The number of ether oxygens (including phenoxy) is 1. The monoisotopic (exact) mass is 266 g/mol. The number of alkyl halides is 2. The minimum absolute atomic E-state index is 0.0550. The number of nitrogens with one attached hydrogen (secondary N) is 1. The summed E-state index contributed by atoms with van der Waals surface area (Å²) < 4.78 is 30.5. The smallest absolute Gasteiger partial charge is 0.377 e. The average molecular weight is 266 g/mol. The molecule has 6 heteroatoms. The third-order valence-electron chi connectivity index (χ3n) is 2.96. The van der Waals surface area contributed by atoms with Crippen LogP contribution < -0.4 is 5.32 Å². The molecule has 1 saturated heterocycles. The number of cyclic esters (lactones) is 1. The molecule has 100 valence electrons. The first kappa shape index (κ1) is 13.3. The Hall–Kier alpha value is -2.16. The summed E-state index contributed by atoms with van der Waals surface area (Å²) in [6.45, 7) is 1.84. The van der Waals surface area contributed by atoms with Gasteiger partial charge in [-0.3, -0.25) is 0 Å². The maximum absolute atomic E-state index is 13.0. The number of nitrogens with zero attached hydrogens (tertiary/aromatic N) is 1. The van der Waals surface area contributed by atoms with E-state index >= 15 is 0 Å². The topological polar surface area (TPSA) is 62.1 Å². The number of rotatable bonds is 3. The van der Waals surface area contributed by atoms with Crippen molar-refractivity contribution in [3.8, 4) is 6.07 Å².